The van der Waals surface area contributed by atoms with Crippen molar-refractivity contribution in [3.05, 3.63) is 53.6 Å². The van der Waals surface area contributed by atoms with Gasteiger partial charge in [-0.05, 0) is 61.6 Å². The van der Waals surface area contributed by atoms with Crippen LogP contribution in [0.2, 0.25) is 0 Å². The Morgan fingerprint density at radius 2 is 1.79 bits per heavy atom. The Bertz CT molecular complexity index is 854. The Kier molecular flexibility index (Phi) is 11.6. The fourth-order valence-corrected chi connectivity index (χ4v) is 3.96. The lowest BCUT2D eigenvalue weighted by atomic mass is 10.1. The molecule has 1 aliphatic rings. The standard InChI is InChI=1S/C25H36N4O3.HI/c1-4-26-25(27-12-5-6-19-7-9-22(30)10-8-19)28-21-11-13-29(18-21)17-20-14-23(31-2)16-24(15-20)32-3;/h7-10,14-16,21,30H,4-6,11-13,17-18H2,1-3H3,(H2,26,27,28);1H. The maximum absolute atomic E-state index is 9.39. The molecule has 1 atom stereocenters. The molecule has 3 rings (SSSR count). The topological polar surface area (TPSA) is 78.4 Å². The fourth-order valence-electron chi connectivity index (χ4n) is 3.96. The van der Waals surface area contributed by atoms with E-state index in [-0.39, 0.29) is 24.0 Å². The molecule has 0 saturated carbocycles. The number of phenols is 1. The number of benzene rings is 2. The number of guanidine groups is 1. The van der Waals surface area contributed by atoms with Gasteiger partial charge in [-0.2, -0.15) is 0 Å². The second-order valence-electron chi connectivity index (χ2n) is 8.12. The summed E-state index contributed by atoms with van der Waals surface area (Å²) in [7, 11) is 3.36. The molecule has 182 valence electrons. The third-order valence-corrected chi connectivity index (χ3v) is 5.60. The molecular formula is C25H37IN4O3. The average molecular weight is 569 g/mol. The van der Waals surface area contributed by atoms with Crippen molar-refractivity contribution in [2.24, 2.45) is 4.99 Å². The van der Waals surface area contributed by atoms with Gasteiger partial charge in [0.2, 0.25) is 0 Å². The van der Waals surface area contributed by atoms with Gasteiger partial charge in [0.15, 0.2) is 5.96 Å². The van der Waals surface area contributed by atoms with Crippen molar-refractivity contribution in [1.29, 1.82) is 0 Å². The predicted molar refractivity (Wildman–Crippen MR) is 144 cm³/mol. The number of hydrogen-bond donors (Lipinski definition) is 3. The molecule has 0 aromatic heterocycles. The van der Waals surface area contributed by atoms with Gasteiger partial charge in [0.1, 0.15) is 17.2 Å². The molecule has 3 N–H and O–H groups in total. The van der Waals surface area contributed by atoms with Crippen molar-refractivity contribution < 1.29 is 14.6 Å². The number of aryl methyl sites for hydroxylation is 1. The number of aliphatic imine (C=N–C) groups is 1. The fraction of sp³-hybridized carbons (Fsp3) is 0.480. The van der Waals surface area contributed by atoms with Crippen molar-refractivity contribution in [1.82, 2.24) is 15.5 Å². The molecule has 1 aliphatic heterocycles. The Balaban J connectivity index is 0.00000385. The summed E-state index contributed by atoms with van der Waals surface area (Å²) in [6.07, 6.45) is 3.00. The second kappa shape index (κ2) is 14.1. The first-order valence-corrected chi connectivity index (χ1v) is 11.4. The van der Waals surface area contributed by atoms with Crippen LogP contribution in [0.5, 0.6) is 17.2 Å². The normalized spacial score (nSPS) is 16.2. The smallest absolute Gasteiger partial charge is 0.191 e. The van der Waals surface area contributed by atoms with Gasteiger partial charge >= 0.3 is 0 Å². The van der Waals surface area contributed by atoms with Crippen LogP contribution in [0.4, 0.5) is 0 Å². The lowest BCUT2D eigenvalue weighted by Crippen LogP contribution is -2.44. The van der Waals surface area contributed by atoms with Gasteiger partial charge in [-0.3, -0.25) is 9.89 Å². The van der Waals surface area contributed by atoms with Crippen LogP contribution in [0.25, 0.3) is 0 Å². The Labute approximate surface area is 214 Å². The molecule has 2 aromatic carbocycles. The molecule has 2 aromatic rings. The monoisotopic (exact) mass is 568 g/mol. The molecule has 1 fully saturated rings. The van der Waals surface area contributed by atoms with Crippen LogP contribution >= 0.6 is 24.0 Å². The number of nitrogens with zero attached hydrogens (tertiary/aromatic N) is 2. The van der Waals surface area contributed by atoms with Crippen molar-refractivity contribution in [3.8, 4) is 17.2 Å². The van der Waals surface area contributed by atoms with E-state index in [4.69, 9.17) is 14.5 Å². The molecule has 1 heterocycles. The zero-order valence-corrected chi connectivity index (χ0v) is 22.2. The minimum absolute atomic E-state index is 0. The van der Waals surface area contributed by atoms with E-state index in [1.165, 1.54) is 11.1 Å². The molecule has 0 spiro atoms. The largest absolute Gasteiger partial charge is 0.508 e. The van der Waals surface area contributed by atoms with Crippen molar-refractivity contribution >= 4 is 29.9 Å². The van der Waals surface area contributed by atoms with E-state index < -0.39 is 0 Å². The van der Waals surface area contributed by atoms with Crippen LogP contribution in [0.15, 0.2) is 47.5 Å². The SMILES string of the molecule is CCNC(=NCCCc1ccc(O)cc1)NC1CCN(Cc2cc(OC)cc(OC)c2)C1.I. The van der Waals surface area contributed by atoms with Crippen LogP contribution < -0.4 is 20.1 Å². The average Bonchev–Trinajstić information content (AvgIpc) is 3.24. The van der Waals surface area contributed by atoms with Crippen LogP contribution in [-0.2, 0) is 13.0 Å². The number of rotatable bonds is 10. The summed E-state index contributed by atoms with van der Waals surface area (Å²) in [6.45, 7) is 6.56. The minimum Gasteiger partial charge on any atom is -0.508 e. The summed E-state index contributed by atoms with van der Waals surface area (Å²) in [6, 6.07) is 13.8. The van der Waals surface area contributed by atoms with Gasteiger partial charge in [-0.25, -0.2) is 0 Å². The molecule has 1 unspecified atom stereocenters. The minimum atomic E-state index is 0. The molecular weight excluding hydrogens is 531 g/mol. The lowest BCUT2D eigenvalue weighted by molar-refractivity contribution is 0.321. The summed E-state index contributed by atoms with van der Waals surface area (Å²) in [4.78, 5) is 7.20. The predicted octanol–water partition coefficient (Wildman–Crippen LogP) is 3.79. The molecule has 0 aliphatic carbocycles. The van der Waals surface area contributed by atoms with Gasteiger partial charge < -0.3 is 25.2 Å². The van der Waals surface area contributed by atoms with Crippen molar-refractivity contribution in [2.45, 2.75) is 38.8 Å². The van der Waals surface area contributed by atoms with Gasteiger partial charge in [0.25, 0.3) is 0 Å². The van der Waals surface area contributed by atoms with Gasteiger partial charge in [0.05, 0.1) is 14.2 Å². The number of phenolic OH excluding ortho intramolecular Hbond substituents is 1. The van der Waals surface area contributed by atoms with Crippen LogP contribution in [0.1, 0.15) is 30.9 Å². The highest BCUT2D eigenvalue weighted by Gasteiger charge is 2.23. The quantitative estimate of drug-likeness (QED) is 0.175. The lowest BCUT2D eigenvalue weighted by Gasteiger charge is -2.19. The summed E-state index contributed by atoms with van der Waals surface area (Å²) >= 11 is 0. The summed E-state index contributed by atoms with van der Waals surface area (Å²) < 4.78 is 10.8. The Morgan fingerprint density at radius 3 is 2.42 bits per heavy atom. The third kappa shape index (κ3) is 8.92. The van der Waals surface area contributed by atoms with Crippen molar-refractivity contribution in [3.63, 3.8) is 0 Å². The molecule has 0 radical (unpaired) electrons. The molecule has 33 heavy (non-hydrogen) atoms. The summed E-state index contributed by atoms with van der Waals surface area (Å²) in [5.41, 5.74) is 2.41. The van der Waals surface area contributed by atoms with E-state index in [2.05, 4.69) is 34.6 Å². The highest BCUT2D eigenvalue weighted by atomic mass is 127. The molecule has 1 saturated heterocycles. The highest BCUT2D eigenvalue weighted by molar-refractivity contribution is 14.0. The number of aromatic hydroxyl groups is 1. The van der Waals surface area contributed by atoms with Crippen LogP contribution in [0, 0.1) is 0 Å². The summed E-state index contributed by atoms with van der Waals surface area (Å²) in [5, 5.41) is 16.4. The van der Waals surface area contributed by atoms with Gasteiger partial charge in [-0.1, -0.05) is 12.1 Å². The number of halogens is 1. The van der Waals surface area contributed by atoms with E-state index in [1.54, 1.807) is 26.4 Å². The number of hydrogen-bond acceptors (Lipinski definition) is 5. The van der Waals surface area contributed by atoms with E-state index in [0.717, 1.165) is 69.4 Å². The van der Waals surface area contributed by atoms with E-state index in [9.17, 15) is 5.11 Å². The van der Waals surface area contributed by atoms with E-state index in [1.807, 2.05) is 18.2 Å². The Morgan fingerprint density at radius 1 is 1.09 bits per heavy atom. The highest BCUT2D eigenvalue weighted by Crippen LogP contribution is 2.24. The number of ether oxygens (including phenoxy) is 2. The second-order valence-corrected chi connectivity index (χ2v) is 8.12. The molecule has 8 heteroatoms. The van der Waals surface area contributed by atoms with Crippen molar-refractivity contribution in [2.75, 3.05) is 40.4 Å². The zero-order chi connectivity index (χ0) is 22.8. The maximum atomic E-state index is 9.39. The van der Waals surface area contributed by atoms with Crippen LogP contribution in [0.3, 0.4) is 0 Å². The first-order chi connectivity index (χ1) is 15.6. The Hall–Kier alpha value is -2.20. The zero-order valence-electron chi connectivity index (χ0n) is 19.8. The first-order valence-electron chi connectivity index (χ1n) is 11.4. The third-order valence-electron chi connectivity index (χ3n) is 5.60. The molecule has 0 bridgehead atoms. The van der Waals surface area contributed by atoms with Gasteiger partial charge in [-0.15, -0.1) is 24.0 Å². The molecule has 7 nitrogen and oxygen atoms in total. The van der Waals surface area contributed by atoms with Gasteiger partial charge in [0, 0.05) is 44.8 Å². The number of nitrogens with one attached hydrogen (secondary N) is 2. The number of likely N-dealkylation sites (tertiary alicyclic amines) is 1. The van der Waals surface area contributed by atoms with Crippen LogP contribution in [-0.4, -0.2) is 62.4 Å². The van der Waals surface area contributed by atoms with E-state index >= 15 is 0 Å². The van der Waals surface area contributed by atoms with E-state index in [0.29, 0.717) is 11.8 Å². The number of methoxy groups -OCH3 is 2. The molecule has 0 amide bonds. The summed E-state index contributed by atoms with van der Waals surface area (Å²) in [5.74, 6) is 2.83. The maximum Gasteiger partial charge on any atom is 0.191 e. The first kappa shape index (κ1) is 27.0.